The van der Waals surface area contributed by atoms with E-state index >= 15 is 0 Å². The first-order chi connectivity index (χ1) is 61.9. The van der Waals surface area contributed by atoms with Crippen LogP contribution in [0.4, 0.5) is 0 Å². The van der Waals surface area contributed by atoms with Gasteiger partial charge in [-0.1, -0.05) is 297 Å². The number of imidazole rings is 1. The van der Waals surface area contributed by atoms with E-state index in [1.165, 1.54) is 55.3 Å². The van der Waals surface area contributed by atoms with E-state index < -0.39 is 10.8 Å². The Bertz CT molecular complexity index is 7990. The Kier molecular flexibility index (Phi) is 16.3. The van der Waals surface area contributed by atoms with Crippen molar-refractivity contribution in [3.8, 4) is 141 Å². The number of hydrogen-bond acceptors (Lipinski definition) is 8. The molecular weight excluding hydrogens is 1520 g/mol. The highest BCUT2D eigenvalue weighted by Gasteiger charge is 2.53. The Morgan fingerprint density at radius 3 is 0.992 bits per heavy atom. The molecule has 2 aliphatic heterocycles. The topological polar surface area (TPSA) is 101 Å². The van der Waals surface area contributed by atoms with Gasteiger partial charge in [-0.2, -0.15) is 0 Å². The van der Waals surface area contributed by atoms with Gasteiger partial charge in [0.05, 0.1) is 67.1 Å². The summed E-state index contributed by atoms with van der Waals surface area (Å²) < 4.78 is 15.5. The van der Waals surface area contributed by atoms with Crippen molar-refractivity contribution in [2.75, 3.05) is 0 Å². The molecule has 0 unspecified atom stereocenters. The number of hydrogen-bond donors (Lipinski definition) is 0. The van der Waals surface area contributed by atoms with Gasteiger partial charge < -0.3 is 9.47 Å². The number of ether oxygens (including phenoxy) is 2. The molecule has 0 saturated carbocycles. The third-order valence-electron chi connectivity index (χ3n) is 25.9. The zero-order valence-electron chi connectivity index (χ0n) is 67.4. The number of para-hydroxylation sites is 9. The Labute approximate surface area is 720 Å². The molecule has 9 nitrogen and oxygen atoms in total. The second-order valence-electron chi connectivity index (χ2n) is 32.6. The molecule has 9 heteroatoms. The molecule has 22 aromatic rings. The van der Waals surface area contributed by atoms with Gasteiger partial charge in [-0.3, -0.25) is 14.5 Å². The fraction of sp³-hybridized carbons (Fsp3) is 0.0172. The second-order valence-corrected chi connectivity index (χ2v) is 32.6. The first-order valence-electron chi connectivity index (χ1n) is 42.4. The lowest BCUT2D eigenvalue weighted by molar-refractivity contribution is 0.436. The van der Waals surface area contributed by atoms with Crippen LogP contribution in [0.2, 0.25) is 0 Å². The number of fused-ring (bicyclic) bond motifs is 25. The lowest BCUT2D eigenvalue weighted by Gasteiger charge is -2.39. The SMILES string of the molecule is c1ccc(-c2cc(-c3ccc(-c4ccc(-c5nc6ccccc6c6cc7c(cc56)-c5ccccc5C75c6ccccc6Oc6ccccc65)cc4)cc3)cc(-c3ccccn3)n2)nc1.c1ccc(-n2c(-c3ccc(-c4ccc(-c5nc6ccccc6c6cc7c(cc56)-c5ccccc5C75c6ccccc6Oc6ccccc65)cc4)cc3)nc3ccccc32)cc1. The predicted octanol–water partition coefficient (Wildman–Crippen LogP) is 28.6. The second kappa shape index (κ2) is 28.5. The minimum absolute atomic E-state index is 0.540. The van der Waals surface area contributed by atoms with Gasteiger partial charge in [0, 0.05) is 78.6 Å². The van der Waals surface area contributed by atoms with Crippen molar-refractivity contribution < 1.29 is 9.47 Å². The van der Waals surface area contributed by atoms with Gasteiger partial charge >= 0.3 is 0 Å². The van der Waals surface area contributed by atoms with Gasteiger partial charge in [-0.15, -0.1) is 0 Å². The summed E-state index contributed by atoms with van der Waals surface area (Å²) in [7, 11) is 0. The van der Waals surface area contributed by atoms with Gasteiger partial charge in [-0.25, -0.2) is 19.9 Å². The van der Waals surface area contributed by atoms with E-state index in [-0.39, 0.29) is 0 Å². The smallest absolute Gasteiger partial charge is 0.145 e. The molecule has 16 aromatic carbocycles. The number of benzene rings is 16. The molecular formula is C116H71N7O2. The Hall–Kier alpha value is -16.6. The van der Waals surface area contributed by atoms with Crippen LogP contribution in [0, 0.1) is 0 Å². The van der Waals surface area contributed by atoms with Gasteiger partial charge in [-0.05, 0) is 210 Å². The summed E-state index contributed by atoms with van der Waals surface area (Å²) in [6.07, 6.45) is 3.60. The molecule has 2 spiro atoms. The molecule has 125 heavy (non-hydrogen) atoms. The van der Waals surface area contributed by atoms with Crippen LogP contribution in [0.5, 0.6) is 23.0 Å². The van der Waals surface area contributed by atoms with E-state index in [0.717, 1.165) is 185 Å². The largest absolute Gasteiger partial charge is 0.457 e. The van der Waals surface area contributed by atoms with E-state index in [1.54, 1.807) is 12.4 Å². The van der Waals surface area contributed by atoms with Crippen molar-refractivity contribution >= 4 is 54.4 Å². The minimum atomic E-state index is -0.548. The van der Waals surface area contributed by atoms with Crippen molar-refractivity contribution in [1.82, 2.24) is 34.5 Å². The molecule has 0 amide bonds. The van der Waals surface area contributed by atoms with E-state index in [0.29, 0.717) is 0 Å². The number of rotatable bonds is 9. The molecule has 4 aliphatic rings. The van der Waals surface area contributed by atoms with E-state index in [9.17, 15) is 0 Å². The number of pyridine rings is 5. The summed E-state index contributed by atoms with van der Waals surface area (Å²) >= 11 is 0. The Morgan fingerprint density at radius 2 is 0.560 bits per heavy atom. The first kappa shape index (κ1) is 71.3. The molecule has 0 fully saturated rings. The lowest BCUT2D eigenvalue weighted by Crippen LogP contribution is -2.32. The van der Waals surface area contributed by atoms with Gasteiger partial charge in [0.25, 0.3) is 0 Å². The number of nitrogens with zero attached hydrogens (tertiary/aromatic N) is 7. The number of aromatic nitrogens is 7. The quantitative estimate of drug-likeness (QED) is 0.132. The lowest BCUT2D eigenvalue weighted by atomic mass is 9.66. The monoisotopic (exact) mass is 1590 g/mol. The van der Waals surface area contributed by atoms with Gasteiger partial charge in [0.2, 0.25) is 0 Å². The van der Waals surface area contributed by atoms with E-state index in [4.69, 9.17) is 29.4 Å². The van der Waals surface area contributed by atoms with Crippen molar-refractivity contribution in [1.29, 1.82) is 0 Å². The molecule has 6 aromatic heterocycles. The summed E-state index contributed by atoms with van der Waals surface area (Å²) in [5.74, 6) is 4.49. The predicted molar refractivity (Wildman–Crippen MR) is 505 cm³/mol. The van der Waals surface area contributed by atoms with Crippen LogP contribution in [0.25, 0.3) is 172 Å². The summed E-state index contributed by atoms with van der Waals surface area (Å²) in [5.41, 5.74) is 33.8. The maximum absolute atomic E-state index is 6.62. The third kappa shape index (κ3) is 11.2. The van der Waals surface area contributed by atoms with Crippen LogP contribution in [0.15, 0.2) is 431 Å². The van der Waals surface area contributed by atoms with Crippen LogP contribution in [-0.2, 0) is 10.8 Å². The van der Waals surface area contributed by atoms with Gasteiger partial charge in [0.15, 0.2) is 0 Å². The highest BCUT2D eigenvalue weighted by Crippen LogP contribution is 2.65. The molecule has 0 atom stereocenters. The molecule has 0 radical (unpaired) electrons. The average molecular weight is 1590 g/mol. The van der Waals surface area contributed by atoms with E-state index in [1.807, 2.05) is 48.5 Å². The van der Waals surface area contributed by atoms with Gasteiger partial charge in [0.1, 0.15) is 28.8 Å². The van der Waals surface area contributed by atoms with Crippen LogP contribution in [0.1, 0.15) is 44.5 Å². The molecule has 0 N–H and O–H groups in total. The van der Waals surface area contributed by atoms with Crippen molar-refractivity contribution in [2.24, 2.45) is 0 Å². The standard InChI is InChI=1S/C59H36N4O.C57H35N3O/c1-3-15-47-42(13-1)45-35-46-44(36-50(45)59(47)48-16-4-7-21-56(48)64-57-22-8-5-17-49(57)59)43-14-2-6-18-51(43)63-58(46)40-29-27-38(28-30-40)37-23-25-39(26-24-37)41-33-54(52-19-9-11-31-60-52)62-55(34-41)53-20-10-12-32-61-53;1-2-14-40(15-3-1)60-52-23-11-10-22-51(52)59-56(60)39-32-28-37(29-33-39)36-26-30-38(31-27-36)55-45-34-44-41-16-4-6-18-46(41)57(49(44)35-43(45)42-17-5-9-21-50(42)58-55)47-19-7-12-24-53(47)61-54-25-13-8-20-48(54)57/h1-36H;1-35H. The fourth-order valence-electron chi connectivity index (χ4n) is 20.4. The molecule has 582 valence electrons. The van der Waals surface area contributed by atoms with Crippen LogP contribution < -0.4 is 9.47 Å². The van der Waals surface area contributed by atoms with Crippen molar-refractivity contribution in [3.63, 3.8) is 0 Å². The maximum atomic E-state index is 6.62. The summed E-state index contributed by atoms with van der Waals surface area (Å²) in [6, 6.07) is 149. The molecule has 2 aliphatic carbocycles. The van der Waals surface area contributed by atoms with Crippen molar-refractivity contribution in [2.45, 2.75) is 10.8 Å². The maximum Gasteiger partial charge on any atom is 0.145 e. The highest BCUT2D eigenvalue weighted by molar-refractivity contribution is 6.16. The average Bonchev–Trinajstić information content (AvgIpc) is 1.53. The normalized spacial score (nSPS) is 13.1. The van der Waals surface area contributed by atoms with Crippen LogP contribution >= 0.6 is 0 Å². The van der Waals surface area contributed by atoms with E-state index in [2.05, 4.69) is 385 Å². The zero-order chi connectivity index (χ0) is 82.3. The zero-order valence-corrected chi connectivity index (χ0v) is 67.4. The molecule has 0 saturated heterocycles. The first-order valence-corrected chi connectivity index (χ1v) is 42.4. The Balaban J connectivity index is 0.000000137. The fourth-order valence-corrected chi connectivity index (χ4v) is 20.4. The summed E-state index contributed by atoms with van der Waals surface area (Å²) in [6.45, 7) is 0. The highest BCUT2D eigenvalue weighted by atomic mass is 16.5. The minimum Gasteiger partial charge on any atom is -0.457 e. The third-order valence-corrected chi connectivity index (χ3v) is 25.9. The van der Waals surface area contributed by atoms with Crippen LogP contribution in [0.3, 0.4) is 0 Å². The summed E-state index contributed by atoms with van der Waals surface area (Å²) in [5, 5.41) is 6.91. The van der Waals surface area contributed by atoms with Crippen LogP contribution in [-0.4, -0.2) is 34.5 Å². The summed E-state index contributed by atoms with van der Waals surface area (Å²) in [4.78, 5) is 30.0. The molecule has 8 heterocycles. The molecule has 0 bridgehead atoms. The Morgan fingerprint density at radius 1 is 0.208 bits per heavy atom. The molecule has 26 rings (SSSR count). The van der Waals surface area contributed by atoms with Crippen molar-refractivity contribution in [3.05, 3.63) is 475 Å².